The number of aryl methyl sites for hydroxylation is 1. The van der Waals surface area contributed by atoms with E-state index >= 15 is 0 Å². The number of nitrogens with one attached hydrogen (secondary N) is 2. The van der Waals surface area contributed by atoms with Gasteiger partial charge in [0.2, 0.25) is 0 Å². The van der Waals surface area contributed by atoms with Gasteiger partial charge in [0.05, 0.1) is 27.1 Å². The molecule has 1 fully saturated rings. The maximum Gasteiger partial charge on any atom is 0.320 e. The van der Waals surface area contributed by atoms with Crippen molar-refractivity contribution in [3.63, 3.8) is 0 Å². The Bertz CT molecular complexity index is 677. The number of hydrogen-bond donors (Lipinski definition) is 2. The van der Waals surface area contributed by atoms with E-state index in [2.05, 4.69) is 43.8 Å². The molecular formula is C24H40N3O3+. The van der Waals surface area contributed by atoms with Gasteiger partial charge in [-0.05, 0) is 37.5 Å². The number of likely N-dealkylation sites (N-methyl/N-ethyl adjacent to an activating group) is 1. The molecule has 1 aliphatic rings. The largest absolute Gasteiger partial charge is 0.466 e. The zero-order valence-corrected chi connectivity index (χ0v) is 19.3. The van der Waals surface area contributed by atoms with Gasteiger partial charge in [0.1, 0.15) is 13.1 Å². The molecule has 1 aromatic rings. The number of esters is 1. The van der Waals surface area contributed by atoms with Crippen LogP contribution < -0.4 is 10.6 Å². The molecule has 0 aromatic heterocycles. The number of carbonyl (C=O) groups excluding carboxylic acids is 2. The van der Waals surface area contributed by atoms with Gasteiger partial charge in [0.25, 0.3) is 0 Å². The molecule has 168 valence electrons. The van der Waals surface area contributed by atoms with Crippen LogP contribution in [-0.2, 0) is 16.0 Å². The zero-order valence-electron chi connectivity index (χ0n) is 19.3. The lowest BCUT2D eigenvalue weighted by Gasteiger charge is -2.52. The van der Waals surface area contributed by atoms with Crippen LogP contribution in [-0.4, -0.2) is 55.8 Å². The van der Waals surface area contributed by atoms with E-state index in [1.165, 1.54) is 44.1 Å². The molecule has 6 nitrogen and oxygen atoms in total. The molecule has 0 bridgehead atoms. The zero-order chi connectivity index (χ0) is 22.0. The van der Waals surface area contributed by atoms with Crippen LogP contribution in [0, 0.1) is 0 Å². The fraction of sp³-hybridized carbons (Fsp3) is 0.667. The van der Waals surface area contributed by atoms with Gasteiger partial charge in [-0.15, -0.1) is 0 Å². The Morgan fingerprint density at radius 3 is 2.23 bits per heavy atom. The lowest BCUT2D eigenvalue weighted by Crippen LogP contribution is -2.77. The monoisotopic (exact) mass is 418 g/mol. The molecule has 0 atom stereocenters. The normalized spacial score (nSPS) is 16.4. The quantitative estimate of drug-likeness (QED) is 0.298. The van der Waals surface area contributed by atoms with Crippen molar-refractivity contribution in [1.29, 1.82) is 0 Å². The van der Waals surface area contributed by atoms with E-state index in [0.29, 0.717) is 19.7 Å². The highest BCUT2D eigenvalue weighted by Crippen LogP contribution is 2.29. The molecule has 30 heavy (non-hydrogen) atoms. The van der Waals surface area contributed by atoms with Gasteiger partial charge in [-0.2, -0.15) is 0 Å². The Morgan fingerprint density at radius 1 is 1.00 bits per heavy atom. The van der Waals surface area contributed by atoms with Crippen LogP contribution in [0.4, 0.5) is 10.5 Å². The van der Waals surface area contributed by atoms with Crippen molar-refractivity contribution in [3.8, 4) is 0 Å². The maximum absolute atomic E-state index is 12.6. The van der Waals surface area contributed by atoms with Gasteiger partial charge in [0, 0.05) is 5.69 Å². The minimum Gasteiger partial charge on any atom is -0.466 e. The predicted octanol–water partition coefficient (Wildman–Crippen LogP) is 4.49. The molecule has 1 saturated heterocycles. The van der Waals surface area contributed by atoms with Crippen molar-refractivity contribution >= 4 is 17.7 Å². The Hall–Kier alpha value is -2.08. The Kier molecular flexibility index (Phi) is 9.15. The molecule has 1 aromatic carbocycles. The van der Waals surface area contributed by atoms with E-state index in [1.807, 2.05) is 12.1 Å². The number of quaternary nitrogens is 1. The summed E-state index contributed by atoms with van der Waals surface area (Å²) in [6.45, 7) is 5.79. The van der Waals surface area contributed by atoms with Crippen LogP contribution in [0.2, 0.25) is 0 Å². The highest BCUT2D eigenvalue weighted by molar-refractivity contribution is 5.90. The molecule has 2 N–H and O–H groups in total. The molecule has 6 heteroatoms. The number of likely N-dealkylation sites (tertiary alicyclic amines) is 1. The molecule has 1 heterocycles. The molecule has 0 spiro atoms. The second-order valence-corrected chi connectivity index (χ2v) is 9.31. The summed E-state index contributed by atoms with van der Waals surface area (Å²) in [5.41, 5.74) is 1.52. The van der Waals surface area contributed by atoms with Gasteiger partial charge < -0.3 is 19.9 Å². The van der Waals surface area contributed by atoms with Crippen molar-refractivity contribution in [2.75, 3.05) is 39.1 Å². The third-order valence-corrected chi connectivity index (χ3v) is 5.66. The number of urea groups is 1. The number of nitrogens with zero attached hydrogens (tertiary/aromatic N) is 1. The number of unbranched alkanes of at least 4 members (excludes halogenated alkanes) is 5. The molecule has 0 aliphatic carbocycles. The minimum absolute atomic E-state index is 0.202. The van der Waals surface area contributed by atoms with Gasteiger partial charge in [-0.25, -0.2) is 4.79 Å². The second-order valence-electron chi connectivity index (χ2n) is 9.31. The fourth-order valence-corrected chi connectivity index (χ4v) is 4.58. The third kappa shape index (κ3) is 7.98. The first-order chi connectivity index (χ1) is 14.3. The van der Waals surface area contributed by atoms with Crippen molar-refractivity contribution in [1.82, 2.24) is 5.32 Å². The summed E-state index contributed by atoms with van der Waals surface area (Å²) in [5.74, 6) is -0.267. The molecule has 2 amide bonds. The topological polar surface area (TPSA) is 67.4 Å². The summed E-state index contributed by atoms with van der Waals surface area (Å²) < 4.78 is 5.87. The Balaban J connectivity index is 1.80. The number of carbonyl (C=O) groups is 2. The van der Waals surface area contributed by atoms with Gasteiger partial charge >= 0.3 is 12.0 Å². The molecule has 0 radical (unpaired) electrons. The summed E-state index contributed by atoms with van der Waals surface area (Å²) in [6.07, 6.45) is 9.03. The van der Waals surface area contributed by atoms with Gasteiger partial charge in [-0.1, -0.05) is 51.2 Å². The van der Waals surface area contributed by atoms with Crippen molar-refractivity contribution in [3.05, 3.63) is 29.8 Å². The summed E-state index contributed by atoms with van der Waals surface area (Å²) in [6, 6.07) is 7.79. The van der Waals surface area contributed by atoms with Crippen LogP contribution in [0.5, 0.6) is 0 Å². The first-order valence-corrected chi connectivity index (χ1v) is 11.4. The number of amides is 2. The van der Waals surface area contributed by atoms with E-state index in [-0.39, 0.29) is 18.4 Å². The lowest BCUT2D eigenvalue weighted by molar-refractivity contribution is -0.940. The van der Waals surface area contributed by atoms with E-state index in [9.17, 15) is 9.59 Å². The molecule has 2 rings (SSSR count). The minimum atomic E-state index is -0.544. The van der Waals surface area contributed by atoms with Gasteiger partial charge in [0.15, 0.2) is 5.54 Å². The average molecular weight is 419 g/mol. The summed E-state index contributed by atoms with van der Waals surface area (Å²) in [5, 5.41) is 5.94. The smallest absolute Gasteiger partial charge is 0.320 e. The number of hydrogen-bond acceptors (Lipinski definition) is 3. The summed E-state index contributed by atoms with van der Waals surface area (Å²) in [7, 11) is 4.18. The highest BCUT2D eigenvalue weighted by atomic mass is 16.5. The molecule has 0 unspecified atom stereocenters. The van der Waals surface area contributed by atoms with Crippen LogP contribution >= 0.6 is 0 Å². The molecular weight excluding hydrogens is 378 g/mol. The second kappa shape index (κ2) is 11.3. The predicted molar refractivity (Wildman–Crippen MR) is 121 cm³/mol. The first kappa shape index (κ1) is 24.2. The highest BCUT2D eigenvalue weighted by Gasteiger charge is 2.54. The van der Waals surface area contributed by atoms with Crippen molar-refractivity contribution < 1.29 is 18.8 Å². The number of ether oxygens (including phenoxy) is 1. The van der Waals surface area contributed by atoms with E-state index in [4.69, 9.17) is 4.74 Å². The van der Waals surface area contributed by atoms with Crippen LogP contribution in [0.15, 0.2) is 24.3 Å². The number of rotatable bonds is 12. The summed E-state index contributed by atoms with van der Waals surface area (Å²) >= 11 is 0. The third-order valence-electron chi connectivity index (χ3n) is 5.66. The maximum atomic E-state index is 12.6. The van der Waals surface area contributed by atoms with Crippen molar-refractivity contribution in [2.45, 2.75) is 70.8 Å². The van der Waals surface area contributed by atoms with Crippen LogP contribution in [0.25, 0.3) is 0 Å². The van der Waals surface area contributed by atoms with E-state index < -0.39 is 5.54 Å². The lowest BCUT2D eigenvalue weighted by atomic mass is 9.84. The van der Waals surface area contributed by atoms with Gasteiger partial charge in [-0.3, -0.25) is 4.79 Å². The fourth-order valence-electron chi connectivity index (χ4n) is 4.58. The van der Waals surface area contributed by atoms with E-state index in [1.54, 1.807) is 6.92 Å². The SMILES string of the molecule is CCCCCCCCc1ccc(NC(=O)NC2(CC(=O)OCC)C[N+](C)(C)C2)cc1. The van der Waals surface area contributed by atoms with E-state index in [0.717, 1.165) is 16.6 Å². The van der Waals surface area contributed by atoms with Crippen LogP contribution in [0.3, 0.4) is 0 Å². The molecule has 1 aliphatic heterocycles. The Morgan fingerprint density at radius 2 is 1.63 bits per heavy atom. The molecule has 0 saturated carbocycles. The Labute approximate surface area is 182 Å². The van der Waals surface area contributed by atoms with Crippen molar-refractivity contribution in [2.24, 2.45) is 0 Å². The average Bonchev–Trinajstić information content (AvgIpc) is 2.64. The summed E-state index contributed by atoms with van der Waals surface area (Å²) in [4.78, 5) is 24.6. The van der Waals surface area contributed by atoms with Crippen LogP contribution in [0.1, 0.15) is 64.4 Å². The number of benzene rings is 1. The first-order valence-electron chi connectivity index (χ1n) is 11.4. The number of anilines is 1. The standard InChI is InChI=1S/C24H39N3O3/c1-5-7-8-9-10-11-12-20-13-15-21(16-14-20)25-23(29)26-24(17-22(28)30-6-2)18-27(3,4)19-24/h13-16H,5-12,17-19H2,1-4H3,(H-,25,26,29)/p+1.